The fraction of sp³-hybridized carbons (Fsp3) is 0.333. The van der Waals surface area contributed by atoms with E-state index in [1.165, 1.54) is 23.6 Å². The van der Waals surface area contributed by atoms with Crippen molar-refractivity contribution in [1.29, 1.82) is 0 Å². The summed E-state index contributed by atoms with van der Waals surface area (Å²) < 4.78 is 0.523. The molecule has 1 unspecified atom stereocenters. The van der Waals surface area contributed by atoms with Crippen molar-refractivity contribution in [3.05, 3.63) is 24.3 Å². The fourth-order valence-electron chi connectivity index (χ4n) is 2.05. The van der Waals surface area contributed by atoms with E-state index >= 15 is 0 Å². The van der Waals surface area contributed by atoms with Crippen molar-refractivity contribution in [2.75, 3.05) is 17.2 Å². The minimum atomic E-state index is -0.197. The number of nitrogens with one attached hydrogen (secondary N) is 2. The standard InChI is InChI=1S/C15H17N3O3S2/c1-9-14(21)18(15(22)23-9)8-7-13(20)17-12-5-3-11(4-6-12)16-10(2)19/h3-6,9H,7-8H2,1-2H3,(H,16,19)(H,17,20). The van der Waals surface area contributed by atoms with Crippen LogP contribution < -0.4 is 10.6 Å². The highest BCUT2D eigenvalue weighted by Gasteiger charge is 2.33. The van der Waals surface area contributed by atoms with E-state index in [2.05, 4.69) is 10.6 Å². The molecule has 2 N–H and O–H groups in total. The predicted octanol–water partition coefficient (Wildman–Crippen LogP) is 2.22. The second-order valence-corrected chi connectivity index (χ2v) is 7.05. The first kappa shape index (κ1) is 17.4. The van der Waals surface area contributed by atoms with Crippen molar-refractivity contribution in [3.8, 4) is 0 Å². The van der Waals surface area contributed by atoms with Gasteiger partial charge < -0.3 is 10.6 Å². The molecule has 0 aromatic heterocycles. The summed E-state index contributed by atoms with van der Waals surface area (Å²) in [6.07, 6.45) is 0.173. The highest BCUT2D eigenvalue weighted by atomic mass is 32.2. The van der Waals surface area contributed by atoms with Crippen LogP contribution in [0.5, 0.6) is 0 Å². The smallest absolute Gasteiger partial charge is 0.241 e. The topological polar surface area (TPSA) is 78.5 Å². The SMILES string of the molecule is CC(=O)Nc1ccc(NC(=O)CCN2C(=O)C(C)SC2=S)cc1. The Hall–Kier alpha value is -1.93. The molecule has 0 aliphatic carbocycles. The lowest BCUT2D eigenvalue weighted by atomic mass is 10.2. The van der Waals surface area contributed by atoms with Gasteiger partial charge in [0.1, 0.15) is 4.32 Å². The van der Waals surface area contributed by atoms with Crippen molar-refractivity contribution in [2.24, 2.45) is 0 Å². The van der Waals surface area contributed by atoms with Crippen LogP contribution in [0.1, 0.15) is 20.3 Å². The molecule has 2 rings (SSSR count). The Bertz CT molecular complexity index is 646. The molecule has 3 amide bonds. The number of hydrogen-bond donors (Lipinski definition) is 2. The van der Waals surface area contributed by atoms with Gasteiger partial charge in [0.2, 0.25) is 17.7 Å². The highest BCUT2D eigenvalue weighted by Crippen LogP contribution is 2.26. The van der Waals surface area contributed by atoms with Gasteiger partial charge in [-0.15, -0.1) is 0 Å². The van der Waals surface area contributed by atoms with E-state index in [0.717, 1.165) is 0 Å². The van der Waals surface area contributed by atoms with Crippen LogP contribution in [0.25, 0.3) is 0 Å². The van der Waals surface area contributed by atoms with Gasteiger partial charge in [0.25, 0.3) is 0 Å². The zero-order chi connectivity index (χ0) is 17.0. The molecule has 1 aliphatic heterocycles. The van der Waals surface area contributed by atoms with E-state index in [1.807, 2.05) is 0 Å². The average Bonchev–Trinajstić information content (AvgIpc) is 2.72. The highest BCUT2D eigenvalue weighted by molar-refractivity contribution is 8.24. The average molecular weight is 351 g/mol. The Morgan fingerprint density at radius 1 is 1.22 bits per heavy atom. The van der Waals surface area contributed by atoms with Gasteiger partial charge in [-0.2, -0.15) is 0 Å². The molecule has 0 spiro atoms. The predicted molar refractivity (Wildman–Crippen MR) is 95.4 cm³/mol. The molecule has 1 heterocycles. The molecule has 1 saturated heterocycles. The molecule has 8 heteroatoms. The Kier molecular flexibility index (Phi) is 5.73. The molecular formula is C15H17N3O3S2. The number of thioether (sulfide) groups is 1. The quantitative estimate of drug-likeness (QED) is 0.796. The molecule has 1 aromatic rings. The molecule has 0 radical (unpaired) electrons. The maximum absolute atomic E-state index is 12.0. The summed E-state index contributed by atoms with van der Waals surface area (Å²) in [7, 11) is 0. The number of benzene rings is 1. The van der Waals surface area contributed by atoms with E-state index in [-0.39, 0.29) is 35.9 Å². The number of carbonyl (C=O) groups is 3. The summed E-state index contributed by atoms with van der Waals surface area (Å²) in [6.45, 7) is 3.51. The van der Waals surface area contributed by atoms with Gasteiger partial charge in [0.15, 0.2) is 0 Å². The van der Waals surface area contributed by atoms with Gasteiger partial charge in [-0.3, -0.25) is 19.3 Å². The Morgan fingerprint density at radius 2 is 1.78 bits per heavy atom. The third kappa shape index (κ3) is 4.77. The Labute approximate surface area is 144 Å². The summed E-state index contributed by atoms with van der Waals surface area (Å²) in [5.74, 6) is -0.398. The van der Waals surface area contributed by atoms with Crippen molar-refractivity contribution in [1.82, 2.24) is 4.90 Å². The number of nitrogens with zero attached hydrogens (tertiary/aromatic N) is 1. The van der Waals surface area contributed by atoms with Crippen LogP contribution in [-0.4, -0.2) is 38.7 Å². The monoisotopic (exact) mass is 351 g/mol. The number of rotatable bonds is 5. The third-order valence-corrected chi connectivity index (χ3v) is 4.65. The van der Waals surface area contributed by atoms with Gasteiger partial charge in [-0.25, -0.2) is 0 Å². The van der Waals surface area contributed by atoms with Crippen LogP contribution >= 0.6 is 24.0 Å². The summed E-state index contributed by atoms with van der Waals surface area (Å²) >= 11 is 6.47. The van der Waals surface area contributed by atoms with Crippen molar-refractivity contribution >= 4 is 57.4 Å². The van der Waals surface area contributed by atoms with Crippen LogP contribution in [0.3, 0.4) is 0 Å². The molecule has 1 atom stereocenters. The number of amides is 3. The van der Waals surface area contributed by atoms with E-state index in [1.54, 1.807) is 31.2 Å². The number of anilines is 2. The van der Waals surface area contributed by atoms with Crippen LogP contribution in [0.4, 0.5) is 11.4 Å². The molecule has 0 saturated carbocycles. The number of carbonyl (C=O) groups excluding carboxylic acids is 3. The maximum atomic E-state index is 12.0. The van der Waals surface area contributed by atoms with Crippen LogP contribution in [0.15, 0.2) is 24.3 Å². The lowest BCUT2D eigenvalue weighted by Gasteiger charge is -2.15. The van der Waals surface area contributed by atoms with E-state index in [9.17, 15) is 14.4 Å². The Balaban J connectivity index is 1.84. The van der Waals surface area contributed by atoms with Gasteiger partial charge >= 0.3 is 0 Å². The van der Waals surface area contributed by atoms with Crippen molar-refractivity contribution in [2.45, 2.75) is 25.5 Å². The number of hydrogen-bond acceptors (Lipinski definition) is 5. The Morgan fingerprint density at radius 3 is 2.26 bits per heavy atom. The van der Waals surface area contributed by atoms with Crippen molar-refractivity contribution in [3.63, 3.8) is 0 Å². The molecule has 122 valence electrons. The van der Waals surface area contributed by atoms with Crippen LogP contribution in [0, 0.1) is 0 Å². The van der Waals surface area contributed by atoms with Crippen LogP contribution in [-0.2, 0) is 14.4 Å². The van der Waals surface area contributed by atoms with E-state index in [0.29, 0.717) is 15.7 Å². The van der Waals surface area contributed by atoms with Gasteiger partial charge in [-0.1, -0.05) is 24.0 Å². The third-order valence-electron chi connectivity index (χ3n) is 3.16. The first-order chi connectivity index (χ1) is 10.9. The van der Waals surface area contributed by atoms with Gasteiger partial charge in [-0.05, 0) is 31.2 Å². The summed E-state index contributed by atoms with van der Waals surface area (Å²) in [6, 6.07) is 6.81. The molecule has 6 nitrogen and oxygen atoms in total. The molecule has 23 heavy (non-hydrogen) atoms. The zero-order valence-corrected chi connectivity index (χ0v) is 14.4. The van der Waals surface area contributed by atoms with Gasteiger partial charge in [0.05, 0.1) is 5.25 Å². The minimum Gasteiger partial charge on any atom is -0.326 e. The second-order valence-electron chi connectivity index (χ2n) is 5.07. The minimum absolute atomic E-state index is 0.0486. The fourth-order valence-corrected chi connectivity index (χ4v) is 3.51. The van der Waals surface area contributed by atoms with Gasteiger partial charge in [0, 0.05) is 31.3 Å². The van der Waals surface area contributed by atoms with Crippen LogP contribution in [0.2, 0.25) is 0 Å². The second kappa shape index (κ2) is 7.56. The maximum Gasteiger partial charge on any atom is 0.241 e. The molecule has 1 aromatic carbocycles. The lowest BCUT2D eigenvalue weighted by molar-refractivity contribution is -0.126. The summed E-state index contributed by atoms with van der Waals surface area (Å²) in [4.78, 5) is 36.2. The normalized spacial score (nSPS) is 17.3. The molecule has 1 fully saturated rings. The summed E-state index contributed by atoms with van der Waals surface area (Å²) in [5.41, 5.74) is 1.29. The first-order valence-corrected chi connectivity index (χ1v) is 8.35. The number of thiocarbonyl (C=S) groups is 1. The van der Waals surface area contributed by atoms with E-state index in [4.69, 9.17) is 12.2 Å². The first-order valence-electron chi connectivity index (χ1n) is 7.06. The molecule has 0 bridgehead atoms. The molecule has 1 aliphatic rings. The zero-order valence-electron chi connectivity index (χ0n) is 12.8. The largest absolute Gasteiger partial charge is 0.326 e. The van der Waals surface area contributed by atoms with E-state index < -0.39 is 0 Å². The lowest BCUT2D eigenvalue weighted by Crippen LogP contribution is -2.33. The summed E-state index contributed by atoms with van der Waals surface area (Å²) in [5, 5.41) is 5.22. The van der Waals surface area contributed by atoms with Crippen molar-refractivity contribution < 1.29 is 14.4 Å². The molecular weight excluding hydrogens is 334 g/mol.